The van der Waals surface area contributed by atoms with E-state index in [1.165, 1.54) is 5.40 Å². The van der Waals surface area contributed by atoms with E-state index < -0.39 is 0 Å². The van der Waals surface area contributed by atoms with Gasteiger partial charge < -0.3 is 0 Å². The van der Waals surface area contributed by atoms with Crippen molar-refractivity contribution in [2.45, 2.75) is 0 Å². The average molecular weight is 111 g/mol. The smallest absolute Gasteiger partial charge is 0.130 e. The molecule has 0 N–H and O–H groups in total. The molecule has 0 spiro atoms. The van der Waals surface area contributed by atoms with Crippen molar-refractivity contribution >= 4 is 12.6 Å². The minimum absolute atomic E-state index is 0. The van der Waals surface area contributed by atoms with Crippen LogP contribution in [0.4, 0.5) is 0 Å². The van der Waals surface area contributed by atoms with Crippen LogP contribution in [0, 0.1) is 10.7 Å². The fourth-order valence-corrected chi connectivity index (χ4v) is 0. The number of hydrogen-bond donors (Lipinski definition) is 1. The molecule has 3 heteroatoms. The Hall–Kier alpha value is 0.372. The molecule has 0 radical (unpaired) electrons. The van der Waals surface area contributed by atoms with Crippen LogP contribution in [0.15, 0.2) is 0 Å². The summed E-state index contributed by atoms with van der Waals surface area (Å²) in [5.41, 5.74) is 0. The van der Waals surface area contributed by atoms with E-state index in [4.69, 9.17) is 5.26 Å². The molecule has 22 valence electrons. The number of hydrogen-bond acceptors (Lipinski definition) is 2. The summed E-state index contributed by atoms with van der Waals surface area (Å²) in [4.78, 5) is 0. The summed E-state index contributed by atoms with van der Waals surface area (Å²) in [5.74, 6) is 0. The third kappa shape index (κ3) is 32.2. The van der Waals surface area contributed by atoms with Crippen molar-refractivity contribution in [3.63, 3.8) is 0 Å². The quantitative estimate of drug-likeness (QED) is 0.355. The third-order valence-electron chi connectivity index (χ3n) is 0. The maximum atomic E-state index is 7.18. The minimum Gasteiger partial charge on any atom is -0.185 e. The van der Waals surface area contributed by atoms with Crippen LogP contribution in [0.2, 0.25) is 0 Å². The van der Waals surface area contributed by atoms with E-state index >= 15 is 0 Å². The number of thiol groups is 1. The molecule has 0 bridgehead atoms. The Morgan fingerprint density at radius 3 is 1.75 bits per heavy atom. The zero-order valence-corrected chi connectivity index (χ0v) is 3.97. The van der Waals surface area contributed by atoms with Gasteiger partial charge in [0, 0.05) is 17.4 Å². The SMILES string of the molecule is N#CS.[Cr]. The van der Waals surface area contributed by atoms with Crippen LogP contribution in [-0.4, -0.2) is 0 Å². The summed E-state index contributed by atoms with van der Waals surface area (Å²) in [6.07, 6.45) is 0. The molecule has 4 heavy (non-hydrogen) atoms. The average Bonchev–Trinajstić information content (AvgIpc) is 0.918. The Labute approximate surface area is 41.2 Å². The van der Waals surface area contributed by atoms with Gasteiger partial charge in [-0.05, 0) is 0 Å². The van der Waals surface area contributed by atoms with E-state index in [-0.39, 0.29) is 17.4 Å². The Balaban J connectivity index is 0. The van der Waals surface area contributed by atoms with Crippen molar-refractivity contribution in [3.05, 3.63) is 0 Å². The van der Waals surface area contributed by atoms with Crippen molar-refractivity contribution < 1.29 is 17.4 Å². The van der Waals surface area contributed by atoms with Gasteiger partial charge in [-0.15, -0.1) is 0 Å². The predicted molar refractivity (Wildman–Crippen MR) is 14.6 cm³/mol. The molecule has 0 aromatic heterocycles. The number of nitrogens with zero attached hydrogens (tertiary/aromatic N) is 1. The van der Waals surface area contributed by atoms with Gasteiger partial charge in [0.1, 0.15) is 5.40 Å². The van der Waals surface area contributed by atoms with Crippen LogP contribution >= 0.6 is 12.6 Å². The third-order valence-corrected chi connectivity index (χ3v) is 0. The van der Waals surface area contributed by atoms with Crippen molar-refractivity contribution in [2.75, 3.05) is 0 Å². The largest absolute Gasteiger partial charge is 0.185 e. The molecule has 1 nitrogen and oxygen atoms in total. The van der Waals surface area contributed by atoms with Crippen LogP contribution in [-0.2, 0) is 17.4 Å². The second-order valence-corrected chi connectivity index (χ2v) is 0.300. The summed E-state index contributed by atoms with van der Waals surface area (Å²) in [6.45, 7) is 0. The monoisotopic (exact) mass is 111 g/mol. The Bertz CT molecular complexity index is 29.5. The van der Waals surface area contributed by atoms with Gasteiger partial charge in [-0.3, -0.25) is 0 Å². The fourth-order valence-electron chi connectivity index (χ4n) is 0. The fraction of sp³-hybridized carbons (Fsp3) is 0. The van der Waals surface area contributed by atoms with Gasteiger partial charge in [-0.25, -0.2) is 0 Å². The van der Waals surface area contributed by atoms with Crippen LogP contribution in [0.3, 0.4) is 0 Å². The first-order chi connectivity index (χ1) is 1.41. The van der Waals surface area contributed by atoms with E-state index in [1.807, 2.05) is 0 Å². The van der Waals surface area contributed by atoms with Gasteiger partial charge in [0.25, 0.3) is 0 Å². The van der Waals surface area contributed by atoms with E-state index in [1.54, 1.807) is 0 Å². The topological polar surface area (TPSA) is 23.8 Å². The first kappa shape index (κ1) is 8.84. The maximum Gasteiger partial charge on any atom is 0.130 e. The molecule has 0 saturated carbocycles. The molecule has 0 atom stereocenters. The molecule has 0 aliphatic carbocycles. The van der Waals surface area contributed by atoms with E-state index in [0.717, 1.165) is 0 Å². The molecule has 0 heterocycles. The maximum absolute atomic E-state index is 7.18. The van der Waals surface area contributed by atoms with Crippen LogP contribution < -0.4 is 0 Å². The molecule has 0 aliphatic heterocycles. The van der Waals surface area contributed by atoms with E-state index in [2.05, 4.69) is 12.6 Å². The van der Waals surface area contributed by atoms with Crippen LogP contribution in [0.25, 0.3) is 0 Å². The molecule has 0 unspecified atom stereocenters. The van der Waals surface area contributed by atoms with Gasteiger partial charge in [0.2, 0.25) is 0 Å². The number of rotatable bonds is 0. The van der Waals surface area contributed by atoms with Crippen LogP contribution in [0.5, 0.6) is 0 Å². The summed E-state index contributed by atoms with van der Waals surface area (Å²) in [7, 11) is 0. The van der Waals surface area contributed by atoms with E-state index in [9.17, 15) is 0 Å². The Kier molecular flexibility index (Phi) is 22.3. The molecule has 0 aliphatic rings. The summed E-state index contributed by atoms with van der Waals surface area (Å²) in [5, 5.41) is 8.63. The molecule has 0 aromatic carbocycles. The van der Waals surface area contributed by atoms with Crippen molar-refractivity contribution in [3.8, 4) is 5.40 Å². The zero-order valence-electron chi connectivity index (χ0n) is 1.80. The van der Waals surface area contributed by atoms with Crippen molar-refractivity contribution in [1.82, 2.24) is 0 Å². The summed E-state index contributed by atoms with van der Waals surface area (Å²) >= 11 is 3.09. The molecule has 0 amide bonds. The van der Waals surface area contributed by atoms with Gasteiger partial charge in [-0.1, -0.05) is 12.6 Å². The minimum atomic E-state index is 0. The van der Waals surface area contributed by atoms with Gasteiger partial charge in [0.15, 0.2) is 0 Å². The molecule has 0 rings (SSSR count). The second kappa shape index (κ2) is 10.1. The number of thiocyanates is 1. The van der Waals surface area contributed by atoms with Gasteiger partial charge in [0.05, 0.1) is 0 Å². The first-order valence-corrected chi connectivity index (χ1v) is 0.894. The second-order valence-electron chi connectivity index (χ2n) is 0.100. The van der Waals surface area contributed by atoms with Crippen molar-refractivity contribution in [1.29, 1.82) is 5.26 Å². The summed E-state index contributed by atoms with van der Waals surface area (Å²) in [6, 6.07) is 0. The standard InChI is InChI=1S/CHNS.Cr/c2-1-3;/h3H;. The predicted octanol–water partition coefficient (Wildman–Crippen LogP) is 0.395. The molecular formula is CHCrNS. The zero-order chi connectivity index (χ0) is 2.71. The van der Waals surface area contributed by atoms with Crippen molar-refractivity contribution in [2.24, 2.45) is 0 Å². The van der Waals surface area contributed by atoms with Gasteiger partial charge in [-0.2, -0.15) is 5.26 Å². The molecular weight excluding hydrogens is 110 g/mol. The normalized spacial score (nSPS) is 2.00. The first-order valence-electron chi connectivity index (χ1n) is 0.447. The van der Waals surface area contributed by atoms with Gasteiger partial charge >= 0.3 is 0 Å². The Morgan fingerprint density at radius 1 is 1.75 bits per heavy atom. The van der Waals surface area contributed by atoms with E-state index in [0.29, 0.717) is 0 Å². The molecule has 0 saturated heterocycles. The number of nitriles is 1. The Morgan fingerprint density at radius 2 is 1.75 bits per heavy atom. The van der Waals surface area contributed by atoms with Crippen LogP contribution in [0.1, 0.15) is 0 Å². The summed E-state index contributed by atoms with van der Waals surface area (Å²) < 4.78 is 0. The molecule has 0 fully saturated rings. The molecule has 0 aromatic rings.